The number of carbonyl (C=O) groups is 1. The van der Waals surface area contributed by atoms with Crippen molar-refractivity contribution in [2.45, 2.75) is 33.6 Å². The predicted molar refractivity (Wildman–Crippen MR) is 92.7 cm³/mol. The number of hydrogen-bond donors (Lipinski definition) is 2. The Morgan fingerprint density at radius 2 is 2.04 bits per heavy atom. The van der Waals surface area contributed by atoms with Gasteiger partial charge in [-0.15, -0.1) is 10.2 Å². The van der Waals surface area contributed by atoms with Crippen molar-refractivity contribution in [1.29, 1.82) is 0 Å². The number of fused-ring (bicyclic) bond motifs is 1. The van der Waals surface area contributed by atoms with Gasteiger partial charge in [-0.25, -0.2) is 4.98 Å². The van der Waals surface area contributed by atoms with Gasteiger partial charge in [-0.05, 0) is 45.4 Å². The molecule has 0 saturated carbocycles. The first-order valence-electron chi connectivity index (χ1n) is 8.12. The molecule has 2 N–H and O–H groups in total. The van der Waals surface area contributed by atoms with Gasteiger partial charge in [0.25, 0.3) is 17.2 Å². The highest BCUT2D eigenvalue weighted by atomic mass is 16.2. The summed E-state index contributed by atoms with van der Waals surface area (Å²) in [6.07, 6.45) is 1.33. The summed E-state index contributed by atoms with van der Waals surface area (Å²) in [6.45, 7) is 6.12. The summed E-state index contributed by atoms with van der Waals surface area (Å²) in [5.41, 5.74) is 2.39. The predicted octanol–water partition coefficient (Wildman–Crippen LogP) is 1.10. The Balaban J connectivity index is 1.60. The van der Waals surface area contributed by atoms with E-state index in [1.165, 1.54) is 6.07 Å². The topological polar surface area (TPSA) is 105 Å². The lowest BCUT2D eigenvalue weighted by molar-refractivity contribution is 0.0951. The van der Waals surface area contributed by atoms with Crippen molar-refractivity contribution in [3.8, 4) is 0 Å². The number of pyridine rings is 1. The van der Waals surface area contributed by atoms with Crippen LogP contribution in [-0.4, -0.2) is 37.0 Å². The Hall–Kier alpha value is -3.03. The summed E-state index contributed by atoms with van der Waals surface area (Å²) in [5, 5.41) is 11.0. The van der Waals surface area contributed by atoms with Gasteiger partial charge in [0.1, 0.15) is 11.4 Å². The second kappa shape index (κ2) is 6.84. The van der Waals surface area contributed by atoms with Crippen LogP contribution < -0.4 is 10.9 Å². The number of amides is 1. The summed E-state index contributed by atoms with van der Waals surface area (Å²) in [6, 6.07) is 5.22. The third-order valence-electron chi connectivity index (χ3n) is 3.92. The third-order valence-corrected chi connectivity index (χ3v) is 3.92. The lowest BCUT2D eigenvalue weighted by atomic mass is 10.2. The lowest BCUT2D eigenvalue weighted by Gasteiger charge is -2.06. The molecule has 0 saturated heterocycles. The molecular weight excluding hydrogens is 320 g/mol. The lowest BCUT2D eigenvalue weighted by Crippen LogP contribution is -2.30. The summed E-state index contributed by atoms with van der Waals surface area (Å²) < 4.78 is 1.92. The van der Waals surface area contributed by atoms with Crippen LogP contribution in [0.25, 0.3) is 5.78 Å². The van der Waals surface area contributed by atoms with E-state index in [2.05, 4.69) is 25.5 Å². The van der Waals surface area contributed by atoms with Crippen LogP contribution in [0.15, 0.2) is 23.0 Å². The molecule has 8 heteroatoms. The van der Waals surface area contributed by atoms with E-state index < -0.39 is 0 Å². The van der Waals surface area contributed by atoms with Crippen molar-refractivity contribution >= 4 is 11.7 Å². The SMILES string of the molecule is Cc1cc(C)n2c(CCCNC(=O)c3ccc(C)[nH]c3=O)nnc2n1. The zero-order chi connectivity index (χ0) is 18.0. The minimum Gasteiger partial charge on any atom is -0.352 e. The van der Waals surface area contributed by atoms with E-state index >= 15 is 0 Å². The van der Waals surface area contributed by atoms with Gasteiger partial charge in [-0.2, -0.15) is 0 Å². The van der Waals surface area contributed by atoms with Crippen molar-refractivity contribution in [3.05, 3.63) is 57.0 Å². The van der Waals surface area contributed by atoms with Gasteiger partial charge in [0.15, 0.2) is 0 Å². The number of aryl methyl sites for hydroxylation is 4. The minimum absolute atomic E-state index is 0.119. The fourth-order valence-electron chi connectivity index (χ4n) is 2.75. The first-order valence-corrected chi connectivity index (χ1v) is 8.12. The molecule has 3 rings (SSSR count). The van der Waals surface area contributed by atoms with E-state index in [0.717, 1.165) is 22.9 Å². The number of H-pyrrole nitrogens is 1. The van der Waals surface area contributed by atoms with Crippen LogP contribution in [0.5, 0.6) is 0 Å². The largest absolute Gasteiger partial charge is 0.352 e. The zero-order valence-electron chi connectivity index (χ0n) is 14.5. The number of aromatic amines is 1. The zero-order valence-corrected chi connectivity index (χ0v) is 14.5. The Morgan fingerprint density at radius 1 is 1.24 bits per heavy atom. The van der Waals surface area contributed by atoms with Crippen molar-refractivity contribution in [2.75, 3.05) is 6.54 Å². The number of hydrogen-bond acceptors (Lipinski definition) is 5. The summed E-state index contributed by atoms with van der Waals surface area (Å²) in [7, 11) is 0. The third kappa shape index (κ3) is 3.57. The van der Waals surface area contributed by atoms with E-state index in [4.69, 9.17) is 0 Å². The standard InChI is InChI=1S/C17H20N6O2/c1-10-6-7-13(16(25)19-10)15(24)18-8-4-5-14-21-22-17-20-11(2)9-12(3)23(14)17/h6-7,9H,4-5,8H2,1-3H3,(H,18,24)(H,19,25). The molecule has 0 bridgehead atoms. The van der Waals surface area contributed by atoms with Gasteiger partial charge in [0.2, 0.25) is 0 Å². The number of nitrogens with zero attached hydrogens (tertiary/aromatic N) is 4. The molecule has 3 heterocycles. The maximum absolute atomic E-state index is 12.1. The molecule has 0 atom stereocenters. The molecule has 0 aromatic carbocycles. The molecule has 130 valence electrons. The van der Waals surface area contributed by atoms with Crippen LogP contribution in [0.1, 0.15) is 39.7 Å². The summed E-state index contributed by atoms with van der Waals surface area (Å²) in [4.78, 5) is 30.8. The molecular formula is C17H20N6O2. The fraction of sp³-hybridized carbons (Fsp3) is 0.353. The average molecular weight is 340 g/mol. The van der Waals surface area contributed by atoms with Crippen LogP contribution >= 0.6 is 0 Å². The van der Waals surface area contributed by atoms with Gasteiger partial charge in [0.05, 0.1) is 0 Å². The van der Waals surface area contributed by atoms with Crippen molar-refractivity contribution in [1.82, 2.24) is 29.9 Å². The van der Waals surface area contributed by atoms with Crippen molar-refractivity contribution in [2.24, 2.45) is 0 Å². The molecule has 0 aliphatic carbocycles. The van der Waals surface area contributed by atoms with Crippen LogP contribution in [0.3, 0.4) is 0 Å². The van der Waals surface area contributed by atoms with Crippen molar-refractivity contribution < 1.29 is 4.79 Å². The Morgan fingerprint density at radius 3 is 2.80 bits per heavy atom. The summed E-state index contributed by atoms with van der Waals surface area (Å²) in [5.74, 6) is 1.02. The van der Waals surface area contributed by atoms with E-state index in [1.807, 2.05) is 24.3 Å². The number of carbonyl (C=O) groups excluding carboxylic acids is 1. The molecule has 0 unspecified atom stereocenters. The molecule has 0 aliphatic rings. The maximum Gasteiger partial charge on any atom is 0.260 e. The Labute approximate surface area is 144 Å². The highest BCUT2D eigenvalue weighted by Crippen LogP contribution is 2.09. The van der Waals surface area contributed by atoms with Crippen LogP contribution in [0.4, 0.5) is 0 Å². The molecule has 0 aliphatic heterocycles. The molecule has 0 spiro atoms. The maximum atomic E-state index is 12.1. The molecule has 3 aromatic rings. The molecule has 3 aromatic heterocycles. The fourth-order valence-corrected chi connectivity index (χ4v) is 2.75. The summed E-state index contributed by atoms with van der Waals surface area (Å²) >= 11 is 0. The average Bonchev–Trinajstić information content (AvgIpc) is 2.94. The normalized spacial score (nSPS) is 11.0. The van der Waals surface area contributed by atoms with Gasteiger partial charge in [-0.1, -0.05) is 0 Å². The molecule has 8 nitrogen and oxygen atoms in total. The quantitative estimate of drug-likeness (QED) is 0.677. The first-order chi connectivity index (χ1) is 12.0. The van der Waals surface area contributed by atoms with E-state index in [0.29, 0.717) is 25.2 Å². The first kappa shape index (κ1) is 16.8. The van der Waals surface area contributed by atoms with Gasteiger partial charge >= 0.3 is 0 Å². The molecule has 25 heavy (non-hydrogen) atoms. The minimum atomic E-state index is -0.377. The Bertz CT molecular complexity index is 988. The van der Waals surface area contributed by atoms with E-state index in [9.17, 15) is 9.59 Å². The van der Waals surface area contributed by atoms with Gasteiger partial charge in [-0.3, -0.25) is 14.0 Å². The van der Waals surface area contributed by atoms with E-state index in [1.54, 1.807) is 13.0 Å². The number of nitrogens with one attached hydrogen (secondary N) is 2. The second-order valence-corrected chi connectivity index (χ2v) is 6.03. The Kier molecular flexibility index (Phi) is 4.60. The van der Waals surface area contributed by atoms with Crippen LogP contribution in [-0.2, 0) is 6.42 Å². The molecule has 0 fully saturated rings. The second-order valence-electron chi connectivity index (χ2n) is 6.03. The van der Waals surface area contributed by atoms with E-state index in [-0.39, 0.29) is 17.0 Å². The monoisotopic (exact) mass is 340 g/mol. The highest BCUT2D eigenvalue weighted by Gasteiger charge is 2.11. The number of rotatable bonds is 5. The van der Waals surface area contributed by atoms with Crippen molar-refractivity contribution in [3.63, 3.8) is 0 Å². The smallest absolute Gasteiger partial charge is 0.260 e. The molecule has 0 radical (unpaired) electrons. The van der Waals surface area contributed by atoms with Crippen LogP contribution in [0.2, 0.25) is 0 Å². The van der Waals surface area contributed by atoms with Gasteiger partial charge in [0, 0.05) is 30.0 Å². The number of aromatic nitrogens is 5. The van der Waals surface area contributed by atoms with Crippen LogP contribution in [0, 0.1) is 20.8 Å². The molecule has 1 amide bonds. The highest BCUT2D eigenvalue weighted by molar-refractivity contribution is 5.93. The van der Waals surface area contributed by atoms with Gasteiger partial charge < -0.3 is 10.3 Å².